The van der Waals surface area contributed by atoms with E-state index in [1.165, 1.54) is 24.0 Å². The fraction of sp³-hybridized carbons (Fsp3) is 0.458. The van der Waals surface area contributed by atoms with Crippen LogP contribution in [0.15, 0.2) is 60.7 Å². The zero-order chi connectivity index (χ0) is 19.2. The van der Waals surface area contributed by atoms with Crippen LogP contribution in [-0.2, 0) is 11.3 Å². The highest BCUT2D eigenvalue weighted by atomic mass is 16.2. The number of hydrogen-bond donors (Lipinski definition) is 0. The van der Waals surface area contributed by atoms with Gasteiger partial charge in [0.05, 0.1) is 0 Å². The lowest BCUT2D eigenvalue weighted by atomic mass is 9.78. The van der Waals surface area contributed by atoms with Gasteiger partial charge in [-0.1, -0.05) is 60.7 Å². The SMILES string of the molecule is CC(=O)N(Cc1ccccc1)C1CCC(C(c2ccccc2)N(C)C)CC1. The summed E-state index contributed by atoms with van der Waals surface area (Å²) in [5, 5.41) is 0. The molecule has 0 aliphatic heterocycles. The zero-order valence-electron chi connectivity index (χ0n) is 16.8. The smallest absolute Gasteiger partial charge is 0.219 e. The second-order valence-corrected chi connectivity index (χ2v) is 8.02. The molecule has 2 aromatic carbocycles. The molecular formula is C24H32N2O. The zero-order valence-corrected chi connectivity index (χ0v) is 16.8. The number of hydrogen-bond acceptors (Lipinski definition) is 2. The molecule has 3 heteroatoms. The predicted octanol–water partition coefficient (Wildman–Crippen LogP) is 4.90. The van der Waals surface area contributed by atoms with Gasteiger partial charge in [-0.3, -0.25) is 4.79 Å². The molecule has 1 aliphatic carbocycles. The molecule has 2 aromatic rings. The minimum atomic E-state index is 0.189. The average Bonchev–Trinajstić information content (AvgIpc) is 2.68. The van der Waals surface area contributed by atoms with Gasteiger partial charge in [0.25, 0.3) is 0 Å². The number of carbonyl (C=O) groups is 1. The fourth-order valence-electron chi connectivity index (χ4n) is 4.65. The normalized spacial score (nSPS) is 21.0. The molecule has 3 rings (SSSR count). The standard InChI is InChI=1S/C24H32N2O/c1-19(27)26(18-20-10-6-4-7-11-20)23-16-14-22(15-17-23)24(25(2)3)21-12-8-5-9-13-21/h4-13,22-24H,14-18H2,1-3H3. The molecule has 0 saturated heterocycles. The second-order valence-electron chi connectivity index (χ2n) is 8.02. The van der Waals surface area contributed by atoms with E-state index in [9.17, 15) is 4.79 Å². The van der Waals surface area contributed by atoms with Crippen LogP contribution in [0.3, 0.4) is 0 Å². The van der Waals surface area contributed by atoms with Gasteiger partial charge < -0.3 is 9.80 Å². The quantitative estimate of drug-likeness (QED) is 0.728. The van der Waals surface area contributed by atoms with Gasteiger partial charge in [0, 0.05) is 25.6 Å². The maximum atomic E-state index is 12.3. The van der Waals surface area contributed by atoms with Gasteiger partial charge >= 0.3 is 0 Å². The lowest BCUT2D eigenvalue weighted by Gasteiger charge is -2.41. The highest BCUT2D eigenvalue weighted by Gasteiger charge is 2.32. The van der Waals surface area contributed by atoms with Crippen LogP contribution >= 0.6 is 0 Å². The largest absolute Gasteiger partial charge is 0.336 e. The van der Waals surface area contributed by atoms with E-state index in [4.69, 9.17) is 0 Å². The van der Waals surface area contributed by atoms with Crippen molar-refractivity contribution in [1.82, 2.24) is 9.80 Å². The minimum absolute atomic E-state index is 0.189. The molecule has 0 aromatic heterocycles. The monoisotopic (exact) mass is 364 g/mol. The van der Waals surface area contributed by atoms with Crippen molar-refractivity contribution in [3.8, 4) is 0 Å². The molecule has 1 amide bonds. The van der Waals surface area contributed by atoms with Crippen molar-refractivity contribution < 1.29 is 4.79 Å². The first kappa shape index (κ1) is 19.6. The molecule has 0 radical (unpaired) electrons. The highest BCUT2D eigenvalue weighted by Crippen LogP contribution is 2.38. The van der Waals surface area contributed by atoms with Crippen LogP contribution in [0.25, 0.3) is 0 Å². The molecule has 0 bridgehead atoms. The molecule has 1 aliphatic rings. The van der Waals surface area contributed by atoms with Crippen molar-refractivity contribution in [2.75, 3.05) is 14.1 Å². The molecule has 3 nitrogen and oxygen atoms in total. The molecular weight excluding hydrogens is 332 g/mol. The van der Waals surface area contributed by atoms with Crippen LogP contribution in [-0.4, -0.2) is 35.8 Å². The molecule has 1 atom stereocenters. The van der Waals surface area contributed by atoms with Crippen molar-refractivity contribution in [1.29, 1.82) is 0 Å². The van der Waals surface area contributed by atoms with Crippen LogP contribution in [0.2, 0.25) is 0 Å². The van der Waals surface area contributed by atoms with Crippen LogP contribution in [0.5, 0.6) is 0 Å². The average molecular weight is 365 g/mol. The third-order valence-corrected chi connectivity index (χ3v) is 5.93. The number of nitrogens with zero attached hydrogens (tertiary/aromatic N) is 2. The second kappa shape index (κ2) is 9.18. The Morgan fingerprint density at radius 3 is 2.00 bits per heavy atom. The summed E-state index contributed by atoms with van der Waals surface area (Å²) in [6.07, 6.45) is 4.52. The molecule has 0 heterocycles. The Labute approximate surface area is 164 Å². The first-order valence-electron chi connectivity index (χ1n) is 10.1. The first-order valence-corrected chi connectivity index (χ1v) is 10.1. The third kappa shape index (κ3) is 4.98. The van der Waals surface area contributed by atoms with E-state index in [1.807, 2.05) is 18.2 Å². The number of benzene rings is 2. The number of amides is 1. The lowest BCUT2D eigenvalue weighted by Crippen LogP contribution is -2.42. The topological polar surface area (TPSA) is 23.6 Å². The van der Waals surface area contributed by atoms with Crippen LogP contribution in [0.4, 0.5) is 0 Å². The van der Waals surface area contributed by atoms with Gasteiger partial charge in [0.15, 0.2) is 0 Å². The van der Waals surface area contributed by atoms with Crippen LogP contribution < -0.4 is 0 Å². The van der Waals surface area contributed by atoms with E-state index < -0.39 is 0 Å². The van der Waals surface area contributed by atoms with Gasteiger partial charge in [-0.2, -0.15) is 0 Å². The van der Waals surface area contributed by atoms with Gasteiger partial charge in [0.1, 0.15) is 0 Å². The third-order valence-electron chi connectivity index (χ3n) is 5.93. The number of rotatable bonds is 6. The van der Waals surface area contributed by atoms with Gasteiger partial charge in [0.2, 0.25) is 5.91 Å². The Kier molecular flexibility index (Phi) is 6.68. The summed E-state index contributed by atoms with van der Waals surface area (Å²) >= 11 is 0. The van der Waals surface area contributed by atoms with E-state index in [1.54, 1.807) is 6.92 Å². The van der Waals surface area contributed by atoms with Gasteiger partial charge in [-0.25, -0.2) is 0 Å². The van der Waals surface area contributed by atoms with E-state index in [0.717, 1.165) is 19.4 Å². The van der Waals surface area contributed by atoms with Gasteiger partial charge in [-0.05, 0) is 56.8 Å². The van der Waals surface area contributed by atoms with Crippen molar-refractivity contribution in [3.05, 3.63) is 71.8 Å². The van der Waals surface area contributed by atoms with Gasteiger partial charge in [-0.15, -0.1) is 0 Å². The summed E-state index contributed by atoms with van der Waals surface area (Å²) in [4.78, 5) is 16.7. The molecule has 1 fully saturated rings. The maximum absolute atomic E-state index is 12.3. The van der Waals surface area contributed by atoms with E-state index >= 15 is 0 Å². The Hall–Kier alpha value is -2.13. The summed E-state index contributed by atoms with van der Waals surface area (Å²) in [5.41, 5.74) is 2.61. The molecule has 0 N–H and O–H groups in total. The summed E-state index contributed by atoms with van der Waals surface area (Å²) in [7, 11) is 4.36. The highest BCUT2D eigenvalue weighted by molar-refractivity contribution is 5.73. The van der Waals surface area contributed by atoms with Crippen molar-refractivity contribution in [2.24, 2.45) is 5.92 Å². The predicted molar refractivity (Wildman–Crippen MR) is 111 cm³/mol. The van der Waals surface area contributed by atoms with E-state index in [-0.39, 0.29) is 5.91 Å². The Morgan fingerprint density at radius 2 is 1.48 bits per heavy atom. The Balaban J connectivity index is 1.66. The van der Waals surface area contributed by atoms with Crippen molar-refractivity contribution in [3.63, 3.8) is 0 Å². The van der Waals surface area contributed by atoms with Crippen LogP contribution in [0, 0.1) is 5.92 Å². The van der Waals surface area contributed by atoms with E-state index in [2.05, 4.69) is 66.4 Å². The summed E-state index contributed by atoms with van der Waals surface area (Å²) in [6, 6.07) is 22.0. The molecule has 144 valence electrons. The molecule has 0 spiro atoms. The number of carbonyl (C=O) groups excluding carboxylic acids is 1. The van der Waals surface area contributed by atoms with E-state index in [0.29, 0.717) is 18.0 Å². The summed E-state index contributed by atoms with van der Waals surface area (Å²) < 4.78 is 0. The first-order chi connectivity index (χ1) is 13.1. The van der Waals surface area contributed by atoms with Crippen molar-refractivity contribution >= 4 is 5.91 Å². The minimum Gasteiger partial charge on any atom is -0.336 e. The summed E-state index contributed by atoms with van der Waals surface area (Å²) in [6.45, 7) is 2.43. The fourth-order valence-corrected chi connectivity index (χ4v) is 4.65. The molecule has 1 unspecified atom stereocenters. The van der Waals surface area contributed by atoms with Crippen molar-refractivity contribution in [2.45, 2.75) is 51.2 Å². The summed E-state index contributed by atoms with van der Waals surface area (Å²) in [5.74, 6) is 0.832. The Bertz CT molecular complexity index is 706. The Morgan fingerprint density at radius 1 is 0.926 bits per heavy atom. The molecule has 1 saturated carbocycles. The van der Waals surface area contributed by atoms with Crippen LogP contribution in [0.1, 0.15) is 49.8 Å². The lowest BCUT2D eigenvalue weighted by molar-refractivity contribution is -0.132. The molecule has 27 heavy (non-hydrogen) atoms. The maximum Gasteiger partial charge on any atom is 0.219 e.